The number of fused-ring (bicyclic) bond motifs is 4. The van der Waals surface area contributed by atoms with Crippen LogP contribution < -0.4 is 14.5 Å². The largest absolute Gasteiger partial charge is 0.467 e. The van der Waals surface area contributed by atoms with Gasteiger partial charge in [-0.05, 0) is 82.4 Å². The Morgan fingerprint density at radius 3 is 2.50 bits per heavy atom. The molecule has 1 aliphatic carbocycles. The van der Waals surface area contributed by atoms with E-state index in [4.69, 9.17) is 19.4 Å². The van der Waals surface area contributed by atoms with Crippen molar-refractivity contribution in [1.29, 1.82) is 0 Å². The number of hydrogen-bond donors (Lipinski definition) is 0. The molecule has 1 aromatic heterocycles. The van der Waals surface area contributed by atoms with Crippen LogP contribution in [0, 0.1) is 0 Å². The zero-order chi connectivity index (χ0) is 26.6. The predicted octanol–water partition coefficient (Wildman–Crippen LogP) is 5.08. The number of amides is 1. The molecule has 0 spiro atoms. The van der Waals surface area contributed by atoms with Crippen LogP contribution in [-0.4, -0.2) is 65.4 Å². The van der Waals surface area contributed by atoms with E-state index < -0.39 is 5.60 Å². The van der Waals surface area contributed by atoms with Gasteiger partial charge in [0.15, 0.2) is 0 Å². The van der Waals surface area contributed by atoms with Crippen LogP contribution in [-0.2, 0) is 24.1 Å². The highest BCUT2D eigenvalue weighted by atomic mass is 16.6. The van der Waals surface area contributed by atoms with Crippen molar-refractivity contribution in [3.05, 3.63) is 40.6 Å². The first-order valence-electron chi connectivity index (χ1n) is 14.3. The summed E-state index contributed by atoms with van der Waals surface area (Å²) in [6, 6.07) is 7.51. The van der Waals surface area contributed by atoms with E-state index in [1.807, 2.05) is 25.7 Å². The molecule has 3 atom stereocenters. The van der Waals surface area contributed by atoms with Crippen molar-refractivity contribution < 1.29 is 14.3 Å². The lowest BCUT2D eigenvalue weighted by Crippen LogP contribution is -2.57. The average Bonchev–Trinajstić information content (AvgIpc) is 3.16. The van der Waals surface area contributed by atoms with Gasteiger partial charge < -0.3 is 19.3 Å². The van der Waals surface area contributed by atoms with Gasteiger partial charge in [-0.15, -0.1) is 0 Å². The predicted molar refractivity (Wildman–Crippen MR) is 148 cm³/mol. The zero-order valence-electron chi connectivity index (χ0n) is 23.5. The van der Waals surface area contributed by atoms with E-state index in [2.05, 4.69) is 34.9 Å². The highest BCUT2D eigenvalue weighted by Crippen LogP contribution is 2.41. The number of carbonyl (C=O) groups is 1. The summed E-state index contributed by atoms with van der Waals surface area (Å²) in [6.07, 6.45) is 6.40. The summed E-state index contributed by atoms with van der Waals surface area (Å²) < 4.78 is 11.3. The maximum absolute atomic E-state index is 13.0. The number of benzene rings is 1. The second-order valence-corrected chi connectivity index (χ2v) is 12.5. The van der Waals surface area contributed by atoms with Crippen molar-refractivity contribution in [1.82, 2.24) is 14.9 Å². The summed E-state index contributed by atoms with van der Waals surface area (Å²) in [5.41, 5.74) is 6.19. The molecule has 2 aromatic rings. The number of hydrogen-bond acceptors (Lipinski definition) is 7. The van der Waals surface area contributed by atoms with E-state index in [1.165, 1.54) is 41.6 Å². The number of aryl methyl sites for hydroxylation is 1. The van der Waals surface area contributed by atoms with Crippen LogP contribution in [0.5, 0.6) is 6.01 Å². The second kappa shape index (κ2) is 9.62. The van der Waals surface area contributed by atoms with Crippen molar-refractivity contribution in [3.63, 3.8) is 0 Å². The second-order valence-electron chi connectivity index (χ2n) is 12.5. The topological polar surface area (TPSA) is 71.0 Å². The van der Waals surface area contributed by atoms with Gasteiger partial charge in [0.1, 0.15) is 11.4 Å². The van der Waals surface area contributed by atoms with Crippen LogP contribution in [0.2, 0.25) is 0 Å². The van der Waals surface area contributed by atoms with Gasteiger partial charge in [-0.3, -0.25) is 4.90 Å². The van der Waals surface area contributed by atoms with E-state index in [0.29, 0.717) is 11.9 Å². The number of aromatic nitrogens is 2. The lowest BCUT2D eigenvalue weighted by atomic mass is 9.82. The van der Waals surface area contributed by atoms with Gasteiger partial charge in [0.2, 0.25) is 0 Å². The first-order chi connectivity index (χ1) is 18.2. The molecule has 0 N–H and O–H groups in total. The van der Waals surface area contributed by atoms with Crippen LogP contribution in [0.3, 0.4) is 0 Å². The molecule has 8 heteroatoms. The summed E-state index contributed by atoms with van der Waals surface area (Å²) >= 11 is 0. The number of ether oxygens (including phenoxy) is 2. The minimum absolute atomic E-state index is 0.137. The lowest BCUT2D eigenvalue weighted by molar-refractivity contribution is 0.0122. The van der Waals surface area contributed by atoms with Gasteiger partial charge in [-0.2, -0.15) is 9.97 Å². The first kappa shape index (κ1) is 25.3. The van der Waals surface area contributed by atoms with Crippen molar-refractivity contribution in [2.45, 2.75) is 96.4 Å². The molecular formula is C30H41N5O3. The fraction of sp³-hybridized carbons (Fsp3) is 0.633. The normalized spacial score (nSPS) is 24.7. The van der Waals surface area contributed by atoms with Gasteiger partial charge >= 0.3 is 12.1 Å². The fourth-order valence-electron chi connectivity index (χ4n) is 7.04. The van der Waals surface area contributed by atoms with Crippen molar-refractivity contribution in [3.8, 4) is 6.01 Å². The van der Waals surface area contributed by atoms with Gasteiger partial charge in [0.25, 0.3) is 0 Å². The molecule has 204 valence electrons. The summed E-state index contributed by atoms with van der Waals surface area (Å²) in [6.45, 7) is 11.4. The van der Waals surface area contributed by atoms with Crippen LogP contribution in [0.25, 0.3) is 0 Å². The Hall–Kier alpha value is -3.03. The Kier molecular flexibility index (Phi) is 6.39. The minimum Gasteiger partial charge on any atom is -0.467 e. The smallest absolute Gasteiger partial charge is 0.410 e. The number of carbonyl (C=O) groups excluding carboxylic acids is 1. The minimum atomic E-state index is -0.492. The summed E-state index contributed by atoms with van der Waals surface area (Å²) in [5, 5.41) is 0. The Morgan fingerprint density at radius 1 is 1.03 bits per heavy atom. The molecule has 0 saturated carbocycles. The average molecular weight is 520 g/mol. The number of nitrogens with zero attached hydrogens (tertiary/aromatic N) is 5. The molecule has 2 bridgehead atoms. The molecule has 1 amide bonds. The van der Waals surface area contributed by atoms with Crippen molar-refractivity contribution >= 4 is 17.6 Å². The van der Waals surface area contributed by atoms with Crippen LogP contribution in [0.1, 0.15) is 81.7 Å². The first-order valence-corrected chi connectivity index (χ1v) is 14.3. The number of methoxy groups -OCH3 is 1. The van der Waals surface area contributed by atoms with E-state index in [1.54, 1.807) is 7.11 Å². The van der Waals surface area contributed by atoms with Gasteiger partial charge in [-0.25, -0.2) is 4.79 Å². The molecular weight excluding hydrogens is 478 g/mol. The molecule has 2 fully saturated rings. The van der Waals surface area contributed by atoms with Crippen LogP contribution in [0.4, 0.5) is 16.3 Å². The van der Waals surface area contributed by atoms with Gasteiger partial charge in [-0.1, -0.05) is 19.1 Å². The van der Waals surface area contributed by atoms with Gasteiger partial charge in [0.05, 0.1) is 31.4 Å². The van der Waals surface area contributed by atoms with Crippen molar-refractivity contribution in [2.75, 3.05) is 36.5 Å². The van der Waals surface area contributed by atoms with Crippen LogP contribution >= 0.6 is 0 Å². The monoisotopic (exact) mass is 519 g/mol. The molecule has 4 heterocycles. The molecule has 2 unspecified atom stereocenters. The summed E-state index contributed by atoms with van der Waals surface area (Å²) in [5.74, 6) is 1.57. The lowest BCUT2D eigenvalue weighted by Gasteiger charge is -2.43. The Morgan fingerprint density at radius 2 is 1.79 bits per heavy atom. The third-order valence-electron chi connectivity index (χ3n) is 8.68. The molecule has 4 aliphatic rings. The fourth-order valence-corrected chi connectivity index (χ4v) is 7.04. The maximum atomic E-state index is 13.0. The Balaban J connectivity index is 1.27. The SMILES string of the molecule is COc1nc2c(c(N3CC4CC[C@@H](C3)N4C(=O)OC(C)(C)C)n1)CCN(c1cccc3c1C(C)CCC3)C2. The van der Waals surface area contributed by atoms with Gasteiger partial charge in [0, 0.05) is 30.9 Å². The quantitative estimate of drug-likeness (QED) is 0.560. The maximum Gasteiger partial charge on any atom is 0.410 e. The summed E-state index contributed by atoms with van der Waals surface area (Å²) in [4.78, 5) is 29.6. The zero-order valence-corrected chi connectivity index (χ0v) is 23.5. The molecule has 38 heavy (non-hydrogen) atoms. The van der Waals surface area contributed by atoms with E-state index in [0.717, 1.165) is 57.0 Å². The highest BCUT2D eigenvalue weighted by molar-refractivity contribution is 5.70. The molecule has 3 aliphatic heterocycles. The molecule has 2 saturated heterocycles. The van der Waals surface area contributed by atoms with Crippen molar-refractivity contribution in [2.24, 2.45) is 0 Å². The number of rotatable bonds is 3. The third-order valence-corrected chi connectivity index (χ3v) is 8.68. The Bertz CT molecular complexity index is 1210. The molecule has 6 rings (SSSR count). The summed E-state index contributed by atoms with van der Waals surface area (Å²) in [7, 11) is 1.64. The Labute approximate surface area is 226 Å². The highest BCUT2D eigenvalue weighted by Gasteiger charge is 2.45. The van der Waals surface area contributed by atoms with E-state index in [-0.39, 0.29) is 18.2 Å². The number of anilines is 2. The van der Waals surface area contributed by atoms with Crippen LogP contribution in [0.15, 0.2) is 18.2 Å². The molecule has 1 aromatic carbocycles. The van der Waals surface area contributed by atoms with E-state index in [9.17, 15) is 4.79 Å². The molecule has 0 radical (unpaired) electrons. The standard InChI is InChI=1S/C30H41N5O3/c1-19-8-6-9-20-10-7-11-25(26(19)20)33-15-14-23-24(18-33)31-28(37-5)32-27(23)34-16-21-12-13-22(17-34)35(21)29(36)38-30(2,3)4/h7,10-11,19,21-22H,6,8-9,12-18H2,1-5H3/t19?,21-,22?/m0/s1. The van der Waals surface area contributed by atoms with E-state index >= 15 is 0 Å². The third kappa shape index (κ3) is 4.56. The molecule has 8 nitrogen and oxygen atoms in total. The number of piperazine rings is 1.